The molecule has 29 heavy (non-hydrogen) atoms. The molecule has 1 N–H and O–H groups in total. The van der Waals surface area contributed by atoms with Crippen LogP contribution in [0.3, 0.4) is 0 Å². The first-order chi connectivity index (χ1) is 14.1. The maximum atomic E-state index is 12.6. The van der Waals surface area contributed by atoms with E-state index in [2.05, 4.69) is 15.3 Å². The fourth-order valence-electron chi connectivity index (χ4n) is 3.03. The molecule has 0 spiro atoms. The minimum atomic E-state index is -0.0552. The summed E-state index contributed by atoms with van der Waals surface area (Å²) in [7, 11) is 0. The number of carbonyl (C=O) groups excluding carboxylic acids is 1. The van der Waals surface area contributed by atoms with Gasteiger partial charge in [-0.15, -0.1) is 0 Å². The largest absolute Gasteiger partial charge is 0.494 e. The van der Waals surface area contributed by atoms with E-state index in [1.54, 1.807) is 17.5 Å². The molecule has 0 aliphatic heterocycles. The number of nitrogens with one attached hydrogen (secondary N) is 1. The number of benzene rings is 2. The van der Waals surface area contributed by atoms with Gasteiger partial charge in [0.15, 0.2) is 0 Å². The van der Waals surface area contributed by atoms with E-state index in [0.717, 1.165) is 43.5 Å². The third kappa shape index (κ3) is 4.43. The van der Waals surface area contributed by atoms with Crippen LogP contribution in [-0.2, 0) is 11.2 Å². The standard InChI is InChI=1S/C23H21N3O2S/c1-3-28-18-10-7-16(8-11-18)13-21(27)25-20-14-17(9-6-15(20)2)22-26-19-5-4-12-24-23(19)29-22/h4-12,14H,3,13H2,1-2H3,(H,25,27). The molecule has 5 nitrogen and oxygen atoms in total. The Balaban J connectivity index is 1.50. The lowest BCUT2D eigenvalue weighted by atomic mass is 10.1. The minimum absolute atomic E-state index is 0.0552. The third-order valence-electron chi connectivity index (χ3n) is 4.52. The van der Waals surface area contributed by atoms with Crippen LogP contribution in [0.5, 0.6) is 5.75 Å². The fraction of sp³-hybridized carbons (Fsp3) is 0.174. The summed E-state index contributed by atoms with van der Waals surface area (Å²) < 4.78 is 5.44. The number of amides is 1. The van der Waals surface area contributed by atoms with Crippen LogP contribution < -0.4 is 10.1 Å². The van der Waals surface area contributed by atoms with E-state index in [0.29, 0.717) is 13.0 Å². The van der Waals surface area contributed by atoms with Crippen molar-refractivity contribution in [3.63, 3.8) is 0 Å². The number of aromatic nitrogens is 2. The molecule has 2 aromatic carbocycles. The Bertz CT molecular complexity index is 1120. The Hall–Kier alpha value is -3.25. The summed E-state index contributed by atoms with van der Waals surface area (Å²) in [4.78, 5) is 22.5. The van der Waals surface area contributed by atoms with Crippen molar-refractivity contribution in [3.8, 4) is 16.3 Å². The predicted octanol–water partition coefficient (Wildman–Crippen LogP) is 5.25. The van der Waals surface area contributed by atoms with E-state index in [1.165, 1.54) is 0 Å². The smallest absolute Gasteiger partial charge is 0.228 e. The molecule has 1 amide bonds. The van der Waals surface area contributed by atoms with E-state index in [9.17, 15) is 4.79 Å². The molecule has 0 atom stereocenters. The zero-order chi connectivity index (χ0) is 20.2. The number of aryl methyl sites for hydroxylation is 1. The maximum Gasteiger partial charge on any atom is 0.228 e. The molecule has 4 rings (SSSR count). The highest BCUT2D eigenvalue weighted by Crippen LogP contribution is 2.31. The molecule has 0 aliphatic carbocycles. The number of carbonyl (C=O) groups is 1. The van der Waals surface area contributed by atoms with Gasteiger partial charge < -0.3 is 10.1 Å². The van der Waals surface area contributed by atoms with Crippen molar-refractivity contribution in [2.24, 2.45) is 0 Å². The van der Waals surface area contributed by atoms with Gasteiger partial charge in [0.1, 0.15) is 21.1 Å². The fourth-order valence-corrected chi connectivity index (χ4v) is 3.94. The Kier molecular flexibility index (Phi) is 5.53. The van der Waals surface area contributed by atoms with Crippen molar-refractivity contribution < 1.29 is 9.53 Å². The van der Waals surface area contributed by atoms with Crippen molar-refractivity contribution in [3.05, 3.63) is 71.9 Å². The van der Waals surface area contributed by atoms with Crippen molar-refractivity contribution >= 4 is 33.3 Å². The number of nitrogens with zero attached hydrogens (tertiary/aromatic N) is 2. The second-order valence-corrected chi connectivity index (χ2v) is 7.66. The average Bonchev–Trinajstić information content (AvgIpc) is 3.15. The number of rotatable bonds is 6. The molecule has 146 valence electrons. The number of pyridine rings is 1. The highest BCUT2D eigenvalue weighted by Gasteiger charge is 2.11. The van der Waals surface area contributed by atoms with Gasteiger partial charge in [-0.2, -0.15) is 0 Å². The van der Waals surface area contributed by atoms with Crippen molar-refractivity contribution in [2.75, 3.05) is 11.9 Å². The zero-order valence-corrected chi connectivity index (χ0v) is 17.1. The van der Waals surface area contributed by atoms with Crippen LogP contribution in [-0.4, -0.2) is 22.5 Å². The molecular weight excluding hydrogens is 382 g/mol. The monoisotopic (exact) mass is 403 g/mol. The lowest BCUT2D eigenvalue weighted by molar-refractivity contribution is -0.115. The predicted molar refractivity (Wildman–Crippen MR) is 118 cm³/mol. The molecular formula is C23H21N3O2S. The van der Waals surface area contributed by atoms with Gasteiger partial charge in [-0.3, -0.25) is 4.79 Å². The minimum Gasteiger partial charge on any atom is -0.494 e. The Labute approximate surface area is 173 Å². The third-order valence-corrected chi connectivity index (χ3v) is 5.55. The van der Waals surface area contributed by atoms with Crippen LogP contribution in [0.25, 0.3) is 20.9 Å². The first-order valence-electron chi connectivity index (χ1n) is 9.46. The van der Waals surface area contributed by atoms with Crippen LogP contribution in [0.1, 0.15) is 18.1 Å². The summed E-state index contributed by atoms with van der Waals surface area (Å²) >= 11 is 1.54. The maximum absolute atomic E-state index is 12.6. The molecule has 0 radical (unpaired) electrons. The molecule has 4 aromatic rings. The summed E-state index contributed by atoms with van der Waals surface area (Å²) in [6.07, 6.45) is 2.08. The van der Waals surface area contributed by atoms with Crippen molar-refractivity contribution in [2.45, 2.75) is 20.3 Å². The summed E-state index contributed by atoms with van der Waals surface area (Å²) in [5.41, 5.74) is 4.60. The van der Waals surface area contributed by atoms with E-state index < -0.39 is 0 Å². The van der Waals surface area contributed by atoms with E-state index in [1.807, 2.05) is 68.4 Å². The molecule has 0 aliphatic rings. The quantitative estimate of drug-likeness (QED) is 0.478. The van der Waals surface area contributed by atoms with Crippen LogP contribution in [0.2, 0.25) is 0 Å². The summed E-state index contributed by atoms with van der Waals surface area (Å²) in [5.74, 6) is 0.755. The van der Waals surface area contributed by atoms with Gasteiger partial charge in [0, 0.05) is 17.4 Å². The molecule has 2 aromatic heterocycles. The summed E-state index contributed by atoms with van der Waals surface area (Å²) in [5, 5.41) is 3.92. The number of anilines is 1. The van der Waals surface area contributed by atoms with Gasteiger partial charge in [0.25, 0.3) is 0 Å². The molecule has 0 bridgehead atoms. The van der Waals surface area contributed by atoms with E-state index >= 15 is 0 Å². The van der Waals surface area contributed by atoms with E-state index in [-0.39, 0.29) is 5.91 Å². The second kappa shape index (κ2) is 8.41. The second-order valence-electron chi connectivity index (χ2n) is 6.68. The first kappa shape index (κ1) is 19.1. The van der Waals surface area contributed by atoms with Gasteiger partial charge in [0.2, 0.25) is 5.91 Å². The Morgan fingerprint density at radius 2 is 1.97 bits per heavy atom. The van der Waals surface area contributed by atoms with Crippen molar-refractivity contribution in [1.82, 2.24) is 9.97 Å². The SMILES string of the molecule is CCOc1ccc(CC(=O)Nc2cc(-c3nc4cccnc4s3)ccc2C)cc1. The van der Waals surface area contributed by atoms with Gasteiger partial charge >= 0.3 is 0 Å². The van der Waals surface area contributed by atoms with Crippen LogP contribution in [0.4, 0.5) is 5.69 Å². The number of hydrogen-bond acceptors (Lipinski definition) is 5. The summed E-state index contributed by atoms with van der Waals surface area (Å²) in [6, 6.07) is 17.4. The van der Waals surface area contributed by atoms with E-state index in [4.69, 9.17) is 4.74 Å². The number of hydrogen-bond donors (Lipinski definition) is 1. The lowest BCUT2D eigenvalue weighted by Crippen LogP contribution is -2.15. The normalized spacial score (nSPS) is 10.8. The van der Waals surface area contributed by atoms with Crippen molar-refractivity contribution in [1.29, 1.82) is 0 Å². The number of fused-ring (bicyclic) bond motifs is 1. The molecule has 0 unspecified atom stereocenters. The Morgan fingerprint density at radius 3 is 2.72 bits per heavy atom. The van der Waals surface area contributed by atoms with Gasteiger partial charge in [-0.1, -0.05) is 35.6 Å². The average molecular weight is 404 g/mol. The summed E-state index contributed by atoms with van der Waals surface area (Å²) in [6.45, 7) is 4.55. The van der Waals surface area contributed by atoms with Crippen LogP contribution in [0, 0.1) is 6.92 Å². The number of thiazole rings is 1. The van der Waals surface area contributed by atoms with Gasteiger partial charge in [0.05, 0.1) is 13.0 Å². The Morgan fingerprint density at radius 1 is 1.14 bits per heavy atom. The molecule has 2 heterocycles. The first-order valence-corrected chi connectivity index (χ1v) is 10.3. The zero-order valence-electron chi connectivity index (χ0n) is 16.3. The highest BCUT2D eigenvalue weighted by atomic mass is 32.1. The van der Waals surface area contributed by atoms with Crippen LogP contribution in [0.15, 0.2) is 60.8 Å². The molecule has 0 saturated carbocycles. The topological polar surface area (TPSA) is 64.1 Å². The number of ether oxygens (including phenoxy) is 1. The molecule has 0 saturated heterocycles. The highest BCUT2D eigenvalue weighted by molar-refractivity contribution is 7.21. The lowest BCUT2D eigenvalue weighted by Gasteiger charge is -2.10. The van der Waals surface area contributed by atoms with Gasteiger partial charge in [-0.05, 0) is 55.3 Å². The van der Waals surface area contributed by atoms with Crippen LogP contribution >= 0.6 is 11.3 Å². The van der Waals surface area contributed by atoms with Gasteiger partial charge in [-0.25, -0.2) is 9.97 Å². The molecule has 0 fully saturated rings. The molecule has 6 heteroatoms.